The second kappa shape index (κ2) is 8.38. The monoisotopic (exact) mass is 387 g/mol. The number of aryl methyl sites for hydroxylation is 1. The first-order chi connectivity index (χ1) is 12.8. The van der Waals surface area contributed by atoms with Crippen LogP contribution in [0.25, 0.3) is 0 Å². The molecule has 1 heterocycles. The highest BCUT2D eigenvalue weighted by atomic mass is 32.1. The number of amides is 1. The van der Waals surface area contributed by atoms with E-state index in [1.165, 1.54) is 49.0 Å². The number of benzene rings is 1. The Bertz CT molecular complexity index is 789. The van der Waals surface area contributed by atoms with Crippen molar-refractivity contribution >= 4 is 22.4 Å². The molecule has 0 aliphatic heterocycles. The van der Waals surface area contributed by atoms with Gasteiger partial charge in [0.2, 0.25) is 5.13 Å². The highest BCUT2D eigenvalue weighted by molar-refractivity contribution is 7.15. The van der Waals surface area contributed by atoms with Crippen LogP contribution in [0.2, 0.25) is 0 Å². The predicted octanol–water partition coefficient (Wildman–Crippen LogP) is 5.21. The van der Waals surface area contributed by atoms with E-state index >= 15 is 0 Å². The van der Waals surface area contributed by atoms with Gasteiger partial charge in [0.05, 0.1) is 0 Å². The maximum Gasteiger partial charge on any atom is 0.264 e. The van der Waals surface area contributed by atoms with E-state index in [9.17, 15) is 4.79 Å². The topological polar surface area (TPSA) is 64.1 Å². The molecule has 0 saturated heterocycles. The molecule has 1 amide bonds. The minimum atomic E-state index is -0.207. The van der Waals surface area contributed by atoms with Gasteiger partial charge in [-0.15, -0.1) is 10.2 Å². The number of nitrogens with zero attached hydrogens (tertiary/aromatic N) is 2. The summed E-state index contributed by atoms with van der Waals surface area (Å²) in [5, 5.41) is 12.8. The summed E-state index contributed by atoms with van der Waals surface area (Å²) in [6.07, 6.45) is 6.17. The number of anilines is 1. The lowest BCUT2D eigenvalue weighted by molar-refractivity contribution is -0.118. The summed E-state index contributed by atoms with van der Waals surface area (Å²) in [5.41, 5.74) is 2.23. The zero-order chi connectivity index (χ0) is 19.4. The standard InChI is InChI=1S/C21H29N3O2S/c1-14-10-11-17(16(12-14)21(2,3)4)26-13-18(25)22-20-24-23-19(27-20)15-8-6-5-7-9-15/h10-12,15H,5-9,13H2,1-4H3,(H,22,24,25). The molecule has 2 aromatic rings. The molecule has 3 rings (SSSR count). The molecule has 1 fully saturated rings. The molecule has 5 nitrogen and oxygen atoms in total. The molecule has 0 spiro atoms. The molecule has 0 atom stereocenters. The van der Waals surface area contributed by atoms with Crippen molar-refractivity contribution in [2.45, 2.75) is 71.1 Å². The average molecular weight is 388 g/mol. The zero-order valence-corrected chi connectivity index (χ0v) is 17.5. The summed E-state index contributed by atoms with van der Waals surface area (Å²) in [4.78, 5) is 12.3. The molecule has 146 valence electrons. The molecule has 0 unspecified atom stereocenters. The van der Waals surface area contributed by atoms with Crippen LogP contribution in [0.15, 0.2) is 18.2 Å². The van der Waals surface area contributed by atoms with Gasteiger partial charge >= 0.3 is 0 Å². The van der Waals surface area contributed by atoms with E-state index in [4.69, 9.17) is 4.74 Å². The Hall–Kier alpha value is -1.95. The second-order valence-electron chi connectivity index (χ2n) is 8.37. The lowest BCUT2D eigenvalue weighted by atomic mass is 9.85. The number of carbonyl (C=O) groups excluding carboxylic acids is 1. The van der Waals surface area contributed by atoms with Gasteiger partial charge in [0.15, 0.2) is 6.61 Å². The fraction of sp³-hybridized carbons (Fsp3) is 0.571. The van der Waals surface area contributed by atoms with E-state index in [2.05, 4.69) is 49.3 Å². The van der Waals surface area contributed by atoms with Crippen molar-refractivity contribution in [2.24, 2.45) is 0 Å². The van der Waals surface area contributed by atoms with Crippen molar-refractivity contribution in [2.75, 3.05) is 11.9 Å². The third kappa shape index (κ3) is 5.28. The van der Waals surface area contributed by atoms with E-state index in [1.807, 2.05) is 12.1 Å². The first-order valence-electron chi connectivity index (χ1n) is 9.70. The van der Waals surface area contributed by atoms with Crippen LogP contribution in [0.1, 0.15) is 74.9 Å². The smallest absolute Gasteiger partial charge is 0.264 e. The van der Waals surface area contributed by atoms with Crippen molar-refractivity contribution in [1.29, 1.82) is 0 Å². The molecular formula is C21H29N3O2S. The molecule has 1 aliphatic rings. The van der Waals surface area contributed by atoms with Crippen LogP contribution < -0.4 is 10.1 Å². The van der Waals surface area contributed by atoms with E-state index in [1.54, 1.807) is 0 Å². The van der Waals surface area contributed by atoms with E-state index in [0.29, 0.717) is 11.0 Å². The highest BCUT2D eigenvalue weighted by Crippen LogP contribution is 2.35. The first kappa shape index (κ1) is 19.8. The molecule has 1 aromatic heterocycles. The van der Waals surface area contributed by atoms with E-state index in [0.717, 1.165) is 16.3 Å². The Morgan fingerprint density at radius 3 is 2.67 bits per heavy atom. The normalized spacial score (nSPS) is 15.6. The van der Waals surface area contributed by atoms with Gasteiger partial charge in [-0.1, -0.05) is 69.1 Å². The van der Waals surface area contributed by atoms with Gasteiger partial charge < -0.3 is 4.74 Å². The number of hydrogen-bond donors (Lipinski definition) is 1. The van der Waals surface area contributed by atoms with Gasteiger partial charge in [-0.25, -0.2) is 0 Å². The zero-order valence-electron chi connectivity index (χ0n) is 16.7. The average Bonchev–Trinajstić information content (AvgIpc) is 3.09. The van der Waals surface area contributed by atoms with E-state index in [-0.39, 0.29) is 17.9 Å². The second-order valence-corrected chi connectivity index (χ2v) is 9.38. The molecule has 1 aromatic carbocycles. The molecule has 1 N–H and O–H groups in total. The van der Waals surface area contributed by atoms with Crippen molar-refractivity contribution in [3.05, 3.63) is 34.3 Å². The van der Waals surface area contributed by atoms with Crippen LogP contribution in [0.3, 0.4) is 0 Å². The molecule has 0 bridgehead atoms. The maximum absolute atomic E-state index is 12.3. The first-order valence-corrected chi connectivity index (χ1v) is 10.5. The number of ether oxygens (including phenoxy) is 1. The Morgan fingerprint density at radius 1 is 1.22 bits per heavy atom. The van der Waals surface area contributed by atoms with Crippen LogP contribution in [-0.2, 0) is 10.2 Å². The number of hydrogen-bond acceptors (Lipinski definition) is 5. The van der Waals surface area contributed by atoms with Crippen molar-refractivity contribution in [3.63, 3.8) is 0 Å². The Morgan fingerprint density at radius 2 is 1.96 bits per heavy atom. The maximum atomic E-state index is 12.3. The summed E-state index contributed by atoms with van der Waals surface area (Å²) < 4.78 is 5.82. The minimum Gasteiger partial charge on any atom is -0.483 e. The van der Waals surface area contributed by atoms with Crippen LogP contribution in [0.5, 0.6) is 5.75 Å². The lowest BCUT2D eigenvalue weighted by Gasteiger charge is -2.23. The lowest BCUT2D eigenvalue weighted by Crippen LogP contribution is -2.22. The quantitative estimate of drug-likeness (QED) is 0.765. The van der Waals surface area contributed by atoms with Gasteiger partial charge in [0.1, 0.15) is 10.8 Å². The van der Waals surface area contributed by atoms with E-state index < -0.39 is 0 Å². The summed E-state index contributed by atoms with van der Waals surface area (Å²) in [7, 11) is 0. The van der Waals surface area contributed by atoms with Crippen molar-refractivity contribution in [1.82, 2.24) is 10.2 Å². The van der Waals surface area contributed by atoms with Crippen LogP contribution in [0, 0.1) is 6.92 Å². The third-order valence-corrected chi connectivity index (χ3v) is 5.94. The largest absolute Gasteiger partial charge is 0.483 e. The fourth-order valence-corrected chi connectivity index (χ4v) is 4.38. The molecule has 27 heavy (non-hydrogen) atoms. The number of aromatic nitrogens is 2. The van der Waals surface area contributed by atoms with Gasteiger partial charge in [-0.2, -0.15) is 0 Å². The molecule has 1 saturated carbocycles. The molecule has 0 radical (unpaired) electrons. The third-order valence-electron chi connectivity index (χ3n) is 4.94. The Balaban J connectivity index is 1.58. The van der Waals surface area contributed by atoms with Crippen molar-refractivity contribution in [3.8, 4) is 5.75 Å². The Labute approximate surface area is 165 Å². The van der Waals surface area contributed by atoms with Gasteiger partial charge in [-0.3, -0.25) is 10.1 Å². The number of rotatable bonds is 5. The molecule has 6 heteroatoms. The number of nitrogens with one attached hydrogen (secondary N) is 1. The summed E-state index contributed by atoms with van der Waals surface area (Å²) in [6, 6.07) is 6.06. The summed E-state index contributed by atoms with van der Waals surface area (Å²) in [5.74, 6) is 1.05. The minimum absolute atomic E-state index is 0.0372. The van der Waals surface area contributed by atoms with Crippen molar-refractivity contribution < 1.29 is 9.53 Å². The summed E-state index contributed by atoms with van der Waals surface area (Å²) in [6.45, 7) is 8.45. The summed E-state index contributed by atoms with van der Waals surface area (Å²) >= 11 is 1.49. The molecular weight excluding hydrogens is 358 g/mol. The predicted molar refractivity (Wildman–Crippen MR) is 110 cm³/mol. The van der Waals surface area contributed by atoms with Crippen LogP contribution in [-0.4, -0.2) is 22.7 Å². The fourth-order valence-electron chi connectivity index (χ4n) is 3.45. The molecule has 1 aliphatic carbocycles. The van der Waals surface area contributed by atoms with Gasteiger partial charge in [0.25, 0.3) is 5.91 Å². The SMILES string of the molecule is Cc1ccc(OCC(=O)Nc2nnc(C3CCCCC3)s2)c(C(C)(C)C)c1. The highest BCUT2D eigenvalue weighted by Gasteiger charge is 2.21. The van der Waals surface area contributed by atoms with Gasteiger partial charge in [-0.05, 0) is 36.8 Å². The van der Waals surface area contributed by atoms with Crippen LogP contribution >= 0.6 is 11.3 Å². The van der Waals surface area contributed by atoms with Crippen LogP contribution in [0.4, 0.5) is 5.13 Å². The Kier molecular flexibility index (Phi) is 6.15. The number of carbonyl (C=O) groups is 1. The van der Waals surface area contributed by atoms with Gasteiger partial charge in [0, 0.05) is 5.92 Å².